The van der Waals surface area contributed by atoms with Gasteiger partial charge in [0.2, 0.25) is 10.0 Å². The van der Waals surface area contributed by atoms with Gasteiger partial charge in [-0.25, -0.2) is 22.6 Å². The molecule has 2 aliphatic rings. The lowest BCUT2D eigenvalue weighted by atomic mass is 10.2. The van der Waals surface area contributed by atoms with Crippen LogP contribution in [0.2, 0.25) is 0 Å². The van der Waals surface area contributed by atoms with Crippen molar-refractivity contribution < 1.29 is 17.6 Å². The molecule has 0 unspecified atom stereocenters. The largest absolute Gasteiger partial charge is 0.354 e. The number of urea groups is 1. The van der Waals surface area contributed by atoms with Crippen molar-refractivity contribution in [2.45, 2.75) is 17.9 Å². The third kappa shape index (κ3) is 5.65. The van der Waals surface area contributed by atoms with Crippen molar-refractivity contribution in [3.63, 3.8) is 0 Å². The molecule has 0 aliphatic carbocycles. The van der Waals surface area contributed by atoms with E-state index in [0.717, 1.165) is 49.7 Å². The van der Waals surface area contributed by atoms with Crippen LogP contribution in [-0.2, 0) is 16.6 Å². The Balaban J connectivity index is 1.35. The van der Waals surface area contributed by atoms with E-state index >= 15 is 0 Å². The van der Waals surface area contributed by atoms with Crippen LogP contribution < -0.4 is 10.2 Å². The molecule has 0 spiro atoms. The van der Waals surface area contributed by atoms with Crippen LogP contribution >= 0.6 is 0 Å². The van der Waals surface area contributed by atoms with Gasteiger partial charge in [-0.15, -0.1) is 0 Å². The second-order valence-corrected chi connectivity index (χ2v) is 10.6. The molecular weight excluding hydrogens is 459 g/mol. The van der Waals surface area contributed by atoms with E-state index in [-0.39, 0.29) is 24.0 Å². The van der Waals surface area contributed by atoms with Gasteiger partial charge in [-0.1, -0.05) is 6.07 Å². The molecular formula is C23H31FN6O3S. The average molecular weight is 491 g/mol. The van der Waals surface area contributed by atoms with E-state index in [2.05, 4.69) is 27.1 Å². The topological polar surface area (TPSA) is 89.1 Å². The quantitative estimate of drug-likeness (QED) is 0.685. The van der Waals surface area contributed by atoms with Gasteiger partial charge in [0, 0.05) is 70.7 Å². The van der Waals surface area contributed by atoms with Gasteiger partial charge in [0.25, 0.3) is 0 Å². The lowest BCUT2D eigenvalue weighted by molar-refractivity contribution is 0.200. The minimum Gasteiger partial charge on any atom is -0.354 e. The number of sulfonamides is 1. The number of pyridine rings is 1. The molecule has 2 aliphatic heterocycles. The summed E-state index contributed by atoms with van der Waals surface area (Å²) < 4.78 is 40.4. The zero-order valence-electron chi connectivity index (χ0n) is 19.4. The van der Waals surface area contributed by atoms with Gasteiger partial charge in [0.1, 0.15) is 11.6 Å². The first-order valence-corrected chi connectivity index (χ1v) is 12.9. The zero-order valence-corrected chi connectivity index (χ0v) is 20.2. The molecule has 2 amide bonds. The van der Waals surface area contributed by atoms with Gasteiger partial charge >= 0.3 is 6.03 Å². The van der Waals surface area contributed by atoms with E-state index in [0.29, 0.717) is 26.1 Å². The van der Waals surface area contributed by atoms with Gasteiger partial charge in [0.15, 0.2) is 0 Å². The second-order valence-electron chi connectivity index (χ2n) is 8.63. The summed E-state index contributed by atoms with van der Waals surface area (Å²) in [6.07, 6.45) is 2.29. The fourth-order valence-electron chi connectivity index (χ4n) is 4.25. The van der Waals surface area contributed by atoms with Crippen molar-refractivity contribution in [2.75, 3.05) is 64.3 Å². The number of piperazine rings is 1. The Morgan fingerprint density at radius 1 is 1.00 bits per heavy atom. The average Bonchev–Trinajstić information content (AvgIpc) is 3.11. The smallest absolute Gasteiger partial charge is 0.317 e. The number of rotatable bonds is 5. The van der Waals surface area contributed by atoms with E-state index in [4.69, 9.17) is 0 Å². The van der Waals surface area contributed by atoms with Gasteiger partial charge in [-0.05, 0) is 43.8 Å². The second kappa shape index (κ2) is 10.7. The number of carbonyl (C=O) groups is 1. The number of hydrogen-bond acceptors (Lipinski definition) is 6. The van der Waals surface area contributed by atoms with Crippen LogP contribution in [0.3, 0.4) is 0 Å². The number of halogens is 1. The summed E-state index contributed by atoms with van der Waals surface area (Å²) in [5, 5.41) is 2.98. The molecule has 3 heterocycles. The Labute approximate surface area is 200 Å². The third-order valence-electron chi connectivity index (χ3n) is 6.29. The highest BCUT2D eigenvalue weighted by Crippen LogP contribution is 2.20. The molecule has 0 saturated carbocycles. The molecule has 0 atom stereocenters. The Bertz CT molecular complexity index is 1090. The van der Waals surface area contributed by atoms with Crippen LogP contribution in [0.15, 0.2) is 47.5 Å². The maximum atomic E-state index is 13.2. The number of hydrogen-bond donors (Lipinski definition) is 1. The van der Waals surface area contributed by atoms with Crippen LogP contribution in [0.25, 0.3) is 0 Å². The normalized spacial score (nSPS) is 18.5. The van der Waals surface area contributed by atoms with Crippen molar-refractivity contribution >= 4 is 21.9 Å². The highest BCUT2D eigenvalue weighted by molar-refractivity contribution is 7.89. The summed E-state index contributed by atoms with van der Waals surface area (Å²) in [4.78, 5) is 23.7. The molecule has 1 N–H and O–H groups in total. The van der Waals surface area contributed by atoms with Crippen molar-refractivity contribution in [3.8, 4) is 0 Å². The summed E-state index contributed by atoms with van der Waals surface area (Å²) in [6.45, 7) is 5.29. The Kier molecular flexibility index (Phi) is 7.64. The number of nitrogens with zero attached hydrogens (tertiary/aromatic N) is 5. The monoisotopic (exact) mass is 490 g/mol. The van der Waals surface area contributed by atoms with Crippen LogP contribution in [0.5, 0.6) is 0 Å². The Hall–Kier alpha value is -2.76. The van der Waals surface area contributed by atoms with Crippen molar-refractivity contribution in [2.24, 2.45) is 0 Å². The van der Waals surface area contributed by atoms with E-state index in [1.807, 2.05) is 12.1 Å². The SMILES string of the molecule is CN1CCN(c2ncccc2CNC(=O)N2CCCN(S(=O)(=O)c3ccc(F)cc3)CC2)CC1. The molecule has 4 rings (SSSR count). The summed E-state index contributed by atoms with van der Waals surface area (Å²) >= 11 is 0. The predicted molar refractivity (Wildman–Crippen MR) is 128 cm³/mol. The van der Waals surface area contributed by atoms with Gasteiger partial charge in [0.05, 0.1) is 4.90 Å². The molecule has 1 aromatic carbocycles. The maximum Gasteiger partial charge on any atom is 0.317 e. The van der Waals surface area contributed by atoms with Gasteiger partial charge < -0.3 is 20.0 Å². The first-order valence-electron chi connectivity index (χ1n) is 11.5. The van der Waals surface area contributed by atoms with E-state index in [9.17, 15) is 17.6 Å². The minimum absolute atomic E-state index is 0.0554. The summed E-state index contributed by atoms with van der Waals surface area (Å²) in [5.41, 5.74) is 0.954. The number of aromatic nitrogens is 1. The standard InChI is InChI=1S/C23H31FN6O3S/c1-27-12-14-28(15-13-27)22-19(4-2-9-25-22)18-26-23(31)29-10-3-11-30(17-16-29)34(32,33)21-7-5-20(24)6-8-21/h2,4-9H,3,10-18H2,1H3,(H,26,31). The summed E-state index contributed by atoms with van der Waals surface area (Å²) in [5.74, 6) is 0.408. The van der Waals surface area contributed by atoms with Gasteiger partial charge in [-0.3, -0.25) is 0 Å². The fourth-order valence-corrected chi connectivity index (χ4v) is 5.72. The maximum absolute atomic E-state index is 13.2. The van der Waals surface area contributed by atoms with E-state index in [1.165, 1.54) is 16.4 Å². The molecule has 0 radical (unpaired) electrons. The third-order valence-corrected chi connectivity index (χ3v) is 8.21. The first kappa shape index (κ1) is 24.4. The Morgan fingerprint density at radius 3 is 2.47 bits per heavy atom. The van der Waals surface area contributed by atoms with Crippen LogP contribution in [0, 0.1) is 5.82 Å². The number of nitrogens with one attached hydrogen (secondary N) is 1. The molecule has 184 valence electrons. The lowest BCUT2D eigenvalue weighted by Crippen LogP contribution is -2.45. The molecule has 11 heteroatoms. The van der Waals surface area contributed by atoms with Gasteiger partial charge in [-0.2, -0.15) is 4.31 Å². The number of likely N-dealkylation sites (N-methyl/N-ethyl adjacent to an activating group) is 1. The van der Waals surface area contributed by atoms with Crippen LogP contribution in [0.1, 0.15) is 12.0 Å². The van der Waals surface area contributed by atoms with Crippen molar-refractivity contribution in [1.82, 2.24) is 24.4 Å². The summed E-state index contributed by atoms with van der Waals surface area (Å²) in [7, 11) is -1.64. The molecule has 34 heavy (non-hydrogen) atoms. The van der Waals surface area contributed by atoms with E-state index in [1.54, 1.807) is 11.1 Å². The number of amides is 2. The Morgan fingerprint density at radius 2 is 1.74 bits per heavy atom. The van der Waals surface area contributed by atoms with Crippen molar-refractivity contribution in [3.05, 3.63) is 54.0 Å². The van der Waals surface area contributed by atoms with Crippen molar-refractivity contribution in [1.29, 1.82) is 0 Å². The molecule has 9 nitrogen and oxygen atoms in total. The molecule has 2 saturated heterocycles. The zero-order chi connectivity index (χ0) is 24.1. The van der Waals surface area contributed by atoms with Crippen LogP contribution in [-0.4, -0.2) is 92.9 Å². The summed E-state index contributed by atoms with van der Waals surface area (Å²) in [6, 6.07) is 8.43. The lowest BCUT2D eigenvalue weighted by Gasteiger charge is -2.34. The number of anilines is 1. The number of benzene rings is 1. The minimum atomic E-state index is -3.74. The fraction of sp³-hybridized carbons (Fsp3) is 0.478. The van der Waals surface area contributed by atoms with Crippen LogP contribution in [0.4, 0.5) is 15.0 Å². The highest BCUT2D eigenvalue weighted by Gasteiger charge is 2.28. The molecule has 2 fully saturated rings. The predicted octanol–water partition coefficient (Wildman–Crippen LogP) is 1.58. The van der Waals surface area contributed by atoms with E-state index < -0.39 is 15.8 Å². The molecule has 2 aromatic rings. The highest BCUT2D eigenvalue weighted by atomic mass is 32.2. The first-order chi connectivity index (χ1) is 16.3. The molecule has 1 aromatic heterocycles. The number of carbonyl (C=O) groups excluding carboxylic acids is 1. The molecule has 0 bridgehead atoms.